The number of furan rings is 2. The highest BCUT2D eigenvalue weighted by Crippen LogP contribution is 2.51. The number of hydrogen-bond donors (Lipinski definition) is 0. The zero-order valence-electron chi connectivity index (χ0n) is 55.6. The average molecular weight is 1210 g/mol. The quantitative estimate of drug-likeness (QED) is 0.142. The fourth-order valence-electron chi connectivity index (χ4n) is 15.2. The summed E-state index contributed by atoms with van der Waals surface area (Å²) in [4.78, 5) is 7.68. The molecule has 0 saturated carbocycles. The van der Waals surface area contributed by atoms with Crippen LogP contribution in [0.25, 0.3) is 72.1 Å². The van der Waals surface area contributed by atoms with E-state index in [0.29, 0.717) is 0 Å². The van der Waals surface area contributed by atoms with Gasteiger partial charge in [0.05, 0.1) is 11.0 Å². The highest BCUT2D eigenvalue weighted by Gasteiger charge is 2.45. The number of fused-ring (bicyclic) bond motifs is 9. The molecular formula is C86H77BN4O2. The second-order valence-corrected chi connectivity index (χ2v) is 29.3. The van der Waals surface area contributed by atoms with Crippen LogP contribution in [-0.4, -0.2) is 11.3 Å². The van der Waals surface area contributed by atoms with Crippen LogP contribution in [0.15, 0.2) is 239 Å². The Morgan fingerprint density at radius 1 is 0.344 bits per heavy atom. The van der Waals surface area contributed by atoms with Gasteiger partial charge in [0.15, 0.2) is 0 Å². The third-order valence-corrected chi connectivity index (χ3v) is 19.9. The Hall–Kier alpha value is -10.2. The third kappa shape index (κ3) is 9.52. The van der Waals surface area contributed by atoms with Crippen LogP contribution in [0.5, 0.6) is 0 Å². The van der Waals surface area contributed by atoms with Crippen LogP contribution < -0.4 is 31.1 Å². The summed E-state index contributed by atoms with van der Waals surface area (Å²) < 4.78 is 15.8. The summed E-state index contributed by atoms with van der Waals surface area (Å²) in [5.74, 6) is 1.76. The number of aromatic nitrogens is 1. The maximum absolute atomic E-state index is 6.70. The van der Waals surface area contributed by atoms with E-state index in [2.05, 4.69) is 328 Å². The van der Waals surface area contributed by atoms with Crippen LogP contribution in [0.3, 0.4) is 0 Å². The largest absolute Gasteiger partial charge is 0.456 e. The second-order valence-electron chi connectivity index (χ2n) is 29.3. The molecule has 5 heterocycles. The fourth-order valence-corrected chi connectivity index (χ4v) is 15.2. The van der Waals surface area contributed by atoms with E-state index in [-0.39, 0.29) is 23.0 Å². The van der Waals surface area contributed by atoms with Gasteiger partial charge in [-0.05, 0) is 221 Å². The minimum atomic E-state index is -0.234. The molecule has 0 unspecified atom stereocenters. The first-order valence-electron chi connectivity index (χ1n) is 32.9. The van der Waals surface area contributed by atoms with Crippen molar-refractivity contribution in [3.05, 3.63) is 269 Å². The van der Waals surface area contributed by atoms with E-state index in [1.54, 1.807) is 0 Å². The minimum absolute atomic E-state index is 0.0328. The normalized spacial score (nSPS) is 13.2. The summed E-state index contributed by atoms with van der Waals surface area (Å²) in [6.45, 7) is 29.9. The van der Waals surface area contributed by atoms with Gasteiger partial charge in [0.1, 0.15) is 22.7 Å². The lowest BCUT2D eigenvalue weighted by Gasteiger charge is -2.46. The molecule has 93 heavy (non-hydrogen) atoms. The number of anilines is 9. The van der Waals surface area contributed by atoms with Gasteiger partial charge in [-0.1, -0.05) is 172 Å². The van der Waals surface area contributed by atoms with Crippen molar-refractivity contribution in [3.8, 4) is 28.3 Å². The predicted octanol–water partition coefficient (Wildman–Crippen LogP) is 22.3. The first-order valence-corrected chi connectivity index (χ1v) is 32.9. The molecule has 0 fully saturated rings. The van der Waals surface area contributed by atoms with Crippen molar-refractivity contribution >= 4 is 118 Å². The fraction of sp³-hybridized carbons (Fsp3) is 0.186. The SMILES string of the molecule is Cc1cc(N2c3ccc(C(C)(C)C)cc3B3c4ccc(N(c5ccc(C(C)(C)C)cc5)c5ccc6c7ccccc7n(-c7ccccc7)c6c5)cc4N(c4cc(C)c(-c5cc6ccccc6o5)c(C)c4)c4cc(C(C)(C)C)cc2c43)cc(C)c1-c1cc2ccccc2o1. The summed E-state index contributed by atoms with van der Waals surface area (Å²) in [5.41, 5.74) is 29.4. The molecule has 0 spiro atoms. The second kappa shape index (κ2) is 21.2. The maximum atomic E-state index is 6.70. The molecule has 0 radical (unpaired) electrons. The molecule has 3 aromatic heterocycles. The van der Waals surface area contributed by atoms with Gasteiger partial charge in [0.25, 0.3) is 6.71 Å². The van der Waals surface area contributed by atoms with Crippen LogP contribution in [0.1, 0.15) is 101 Å². The van der Waals surface area contributed by atoms with Crippen molar-refractivity contribution in [3.63, 3.8) is 0 Å². The number of rotatable bonds is 8. The van der Waals surface area contributed by atoms with E-state index in [1.807, 2.05) is 12.1 Å². The molecule has 7 heteroatoms. The Balaban J connectivity index is 0.973. The van der Waals surface area contributed by atoms with Gasteiger partial charge in [-0.25, -0.2) is 0 Å². The van der Waals surface area contributed by atoms with E-state index in [1.165, 1.54) is 66.4 Å². The standard InChI is InChI=1S/C86H77BN4O2/c1-52-41-65(42-53(2)81(52)79-45-56-23-17-21-29-77(56)92-79)90-72-40-33-59(85(8,9)10)47-70(72)87-69-39-37-64(88(62-34-31-58(32-35-62)84(5,6)7)63-36-38-68-67-27-19-20-28-71(67)89(73(68)50-63)61-25-15-14-16-26-61)51-74(69)91(76-49-60(86(11,12)13)48-75(90)83(76)87)66-43-54(3)82(55(4)44-66)80-46-57-24-18-22-30-78(57)93-80/h14-51H,1-13H3. The Kier molecular flexibility index (Phi) is 13.2. The topological polar surface area (TPSA) is 40.9 Å². The zero-order chi connectivity index (χ0) is 64.1. The summed E-state index contributed by atoms with van der Waals surface area (Å²) in [5, 5.41) is 4.63. The van der Waals surface area contributed by atoms with Gasteiger partial charge in [-0.2, -0.15) is 0 Å². The Labute approximate surface area is 547 Å². The van der Waals surface area contributed by atoms with E-state index in [9.17, 15) is 0 Å². The van der Waals surface area contributed by atoms with Gasteiger partial charge < -0.3 is 28.1 Å². The molecule has 0 amide bonds. The van der Waals surface area contributed by atoms with Gasteiger partial charge >= 0.3 is 0 Å². The first-order chi connectivity index (χ1) is 44.6. The van der Waals surface area contributed by atoms with Crippen molar-refractivity contribution in [2.24, 2.45) is 0 Å². The first kappa shape index (κ1) is 57.9. The molecule has 14 aromatic rings. The smallest absolute Gasteiger partial charge is 0.252 e. The van der Waals surface area contributed by atoms with Gasteiger partial charge in [-0.15, -0.1) is 0 Å². The molecule has 0 aliphatic carbocycles. The van der Waals surface area contributed by atoms with Crippen molar-refractivity contribution < 1.29 is 8.83 Å². The van der Waals surface area contributed by atoms with Crippen LogP contribution in [-0.2, 0) is 16.2 Å². The molecule has 2 aliphatic rings. The molecule has 2 aliphatic heterocycles. The van der Waals surface area contributed by atoms with Gasteiger partial charge in [0, 0.05) is 89.5 Å². The number of benzene rings is 11. The van der Waals surface area contributed by atoms with Gasteiger partial charge in [0.2, 0.25) is 0 Å². The van der Waals surface area contributed by atoms with E-state index >= 15 is 0 Å². The van der Waals surface area contributed by atoms with Crippen LogP contribution in [0.2, 0.25) is 0 Å². The lowest BCUT2D eigenvalue weighted by atomic mass is 9.33. The Morgan fingerprint density at radius 2 is 0.828 bits per heavy atom. The monoisotopic (exact) mass is 1210 g/mol. The number of hydrogen-bond acceptors (Lipinski definition) is 5. The number of aryl methyl sites for hydroxylation is 4. The molecular weight excluding hydrogens is 1130 g/mol. The summed E-state index contributed by atoms with van der Waals surface area (Å²) in [7, 11) is 0. The highest BCUT2D eigenvalue weighted by molar-refractivity contribution is 7.00. The lowest BCUT2D eigenvalue weighted by molar-refractivity contribution is 0.590. The average Bonchev–Trinajstić information content (AvgIpc) is 1.41. The molecule has 0 bridgehead atoms. The summed E-state index contributed by atoms with van der Waals surface area (Å²) >= 11 is 0. The van der Waals surface area contributed by atoms with Gasteiger partial charge in [-0.3, -0.25) is 0 Å². The maximum Gasteiger partial charge on any atom is 0.252 e. The number of para-hydroxylation sites is 4. The molecule has 456 valence electrons. The van der Waals surface area contributed by atoms with Crippen molar-refractivity contribution in [2.75, 3.05) is 14.7 Å². The van der Waals surface area contributed by atoms with E-state index in [4.69, 9.17) is 8.83 Å². The Morgan fingerprint density at radius 3 is 1.40 bits per heavy atom. The number of nitrogens with zero attached hydrogens (tertiary/aromatic N) is 4. The molecule has 16 rings (SSSR count). The van der Waals surface area contributed by atoms with E-state index in [0.717, 1.165) is 112 Å². The summed E-state index contributed by atoms with van der Waals surface area (Å²) in [6.07, 6.45) is 0. The van der Waals surface area contributed by atoms with Crippen LogP contribution in [0.4, 0.5) is 51.2 Å². The minimum Gasteiger partial charge on any atom is -0.456 e. The highest BCUT2D eigenvalue weighted by atomic mass is 16.3. The molecule has 6 nitrogen and oxygen atoms in total. The zero-order valence-corrected chi connectivity index (χ0v) is 55.6. The van der Waals surface area contributed by atoms with Crippen molar-refractivity contribution in [1.29, 1.82) is 0 Å². The van der Waals surface area contributed by atoms with Crippen molar-refractivity contribution in [1.82, 2.24) is 4.57 Å². The van der Waals surface area contributed by atoms with Crippen LogP contribution >= 0.6 is 0 Å². The lowest BCUT2D eigenvalue weighted by Crippen LogP contribution is -2.61. The Bertz CT molecular complexity index is 5240. The molecule has 0 saturated heterocycles. The molecule has 0 N–H and O–H groups in total. The molecule has 11 aromatic carbocycles. The third-order valence-electron chi connectivity index (χ3n) is 19.9. The van der Waals surface area contributed by atoms with Crippen LogP contribution in [0, 0.1) is 27.7 Å². The predicted molar refractivity (Wildman–Crippen MR) is 395 cm³/mol. The summed E-state index contributed by atoms with van der Waals surface area (Å²) in [6, 6.07) is 86.3. The van der Waals surface area contributed by atoms with Crippen molar-refractivity contribution in [2.45, 2.75) is 106 Å². The molecule has 0 atom stereocenters. The van der Waals surface area contributed by atoms with E-state index < -0.39 is 0 Å².